The van der Waals surface area contributed by atoms with E-state index in [1.165, 1.54) is 0 Å². The predicted octanol–water partition coefficient (Wildman–Crippen LogP) is 2.47. The van der Waals surface area contributed by atoms with Crippen LogP contribution in [0.3, 0.4) is 0 Å². The summed E-state index contributed by atoms with van der Waals surface area (Å²) in [4.78, 5) is 2.44. The van der Waals surface area contributed by atoms with Crippen LogP contribution in [0.4, 0.5) is 0 Å². The van der Waals surface area contributed by atoms with Gasteiger partial charge in [-0.3, -0.25) is 4.90 Å². The first-order valence-corrected chi connectivity index (χ1v) is 6.81. The van der Waals surface area contributed by atoms with Gasteiger partial charge in [-0.05, 0) is 43.7 Å². The molecular weight excluding hydrogens is 276 g/mol. The smallest absolute Gasteiger partial charge is 0.119 e. The zero-order valence-corrected chi connectivity index (χ0v) is 12.4. The van der Waals surface area contributed by atoms with Gasteiger partial charge in [0.1, 0.15) is 5.75 Å². The molecule has 110 valence electrons. The number of rotatable bonds is 6. The number of nitriles is 1. The minimum atomic E-state index is 0. The number of ether oxygens (including phenoxy) is 2. The first kappa shape index (κ1) is 16.8. The van der Waals surface area contributed by atoms with Crippen LogP contribution in [0, 0.1) is 11.3 Å². The molecule has 1 fully saturated rings. The van der Waals surface area contributed by atoms with Gasteiger partial charge >= 0.3 is 0 Å². The highest BCUT2D eigenvalue weighted by molar-refractivity contribution is 5.85. The molecule has 0 atom stereocenters. The van der Waals surface area contributed by atoms with Gasteiger partial charge in [0.2, 0.25) is 0 Å². The Labute approximate surface area is 126 Å². The van der Waals surface area contributed by atoms with Crippen molar-refractivity contribution in [2.24, 2.45) is 0 Å². The molecule has 1 aliphatic rings. The summed E-state index contributed by atoms with van der Waals surface area (Å²) in [6.45, 7) is 5.69. The first-order chi connectivity index (χ1) is 9.38. The second-order valence-corrected chi connectivity index (χ2v) is 4.65. The summed E-state index contributed by atoms with van der Waals surface area (Å²) in [5, 5.41) is 8.69. The van der Waals surface area contributed by atoms with E-state index in [1.807, 2.05) is 12.1 Å². The Morgan fingerprint density at radius 3 is 2.50 bits per heavy atom. The summed E-state index contributed by atoms with van der Waals surface area (Å²) in [5.41, 5.74) is 0.666. The summed E-state index contributed by atoms with van der Waals surface area (Å²) in [5.74, 6) is 0.838. The molecule has 0 unspecified atom stereocenters. The fourth-order valence-corrected chi connectivity index (χ4v) is 2.08. The number of morpholine rings is 1. The van der Waals surface area contributed by atoms with Crippen molar-refractivity contribution in [2.75, 3.05) is 39.5 Å². The maximum Gasteiger partial charge on any atom is 0.119 e. The highest BCUT2D eigenvalue weighted by atomic mass is 35.5. The van der Waals surface area contributed by atoms with E-state index in [9.17, 15) is 0 Å². The fourth-order valence-electron chi connectivity index (χ4n) is 2.08. The molecule has 1 aliphatic heterocycles. The molecule has 1 saturated heterocycles. The van der Waals surface area contributed by atoms with Crippen molar-refractivity contribution in [1.29, 1.82) is 5.26 Å². The largest absolute Gasteiger partial charge is 0.494 e. The molecule has 0 aromatic heterocycles. The van der Waals surface area contributed by atoms with Gasteiger partial charge in [0.25, 0.3) is 0 Å². The minimum absolute atomic E-state index is 0. The quantitative estimate of drug-likeness (QED) is 0.757. The lowest BCUT2D eigenvalue weighted by molar-refractivity contribution is 0.0368. The molecule has 0 aliphatic carbocycles. The third kappa shape index (κ3) is 5.79. The van der Waals surface area contributed by atoms with E-state index >= 15 is 0 Å². The van der Waals surface area contributed by atoms with E-state index in [2.05, 4.69) is 11.0 Å². The van der Waals surface area contributed by atoms with Crippen molar-refractivity contribution in [3.63, 3.8) is 0 Å². The zero-order valence-electron chi connectivity index (χ0n) is 11.6. The molecule has 1 heterocycles. The highest BCUT2D eigenvalue weighted by Crippen LogP contribution is 2.12. The molecule has 5 heteroatoms. The number of benzene rings is 1. The number of hydrogen-bond donors (Lipinski definition) is 0. The third-order valence-electron chi connectivity index (χ3n) is 3.22. The van der Waals surface area contributed by atoms with E-state index in [0.717, 1.165) is 58.0 Å². The van der Waals surface area contributed by atoms with Gasteiger partial charge in [0.05, 0.1) is 31.5 Å². The van der Waals surface area contributed by atoms with Crippen molar-refractivity contribution in [1.82, 2.24) is 4.90 Å². The average Bonchev–Trinajstić information content (AvgIpc) is 2.49. The van der Waals surface area contributed by atoms with Gasteiger partial charge in [-0.1, -0.05) is 0 Å². The first-order valence-electron chi connectivity index (χ1n) is 6.81. The number of nitrogens with zero attached hydrogens (tertiary/aromatic N) is 2. The van der Waals surface area contributed by atoms with Crippen LogP contribution in [0.5, 0.6) is 5.75 Å². The van der Waals surface area contributed by atoms with Crippen molar-refractivity contribution in [3.05, 3.63) is 29.8 Å². The van der Waals surface area contributed by atoms with Crippen molar-refractivity contribution in [3.8, 4) is 11.8 Å². The molecule has 0 saturated carbocycles. The molecule has 1 aromatic rings. The molecule has 1 aromatic carbocycles. The van der Waals surface area contributed by atoms with Crippen LogP contribution in [0.15, 0.2) is 24.3 Å². The Balaban J connectivity index is 0.00000200. The summed E-state index contributed by atoms with van der Waals surface area (Å²) in [6, 6.07) is 9.35. The molecule has 0 amide bonds. The number of halogens is 1. The Morgan fingerprint density at radius 1 is 1.15 bits per heavy atom. The molecule has 4 nitrogen and oxygen atoms in total. The fraction of sp³-hybridized carbons (Fsp3) is 0.533. The van der Waals surface area contributed by atoms with Crippen LogP contribution in [-0.2, 0) is 4.74 Å². The second-order valence-electron chi connectivity index (χ2n) is 4.65. The Morgan fingerprint density at radius 2 is 1.85 bits per heavy atom. The Kier molecular flexibility index (Phi) is 8.05. The lowest BCUT2D eigenvalue weighted by Crippen LogP contribution is -2.36. The van der Waals surface area contributed by atoms with Crippen molar-refractivity contribution < 1.29 is 9.47 Å². The van der Waals surface area contributed by atoms with Crippen LogP contribution in [0.2, 0.25) is 0 Å². The van der Waals surface area contributed by atoms with Gasteiger partial charge < -0.3 is 9.47 Å². The molecule has 2 rings (SSSR count). The summed E-state index contributed by atoms with van der Waals surface area (Å²) < 4.78 is 11.0. The van der Waals surface area contributed by atoms with E-state index < -0.39 is 0 Å². The molecule has 0 radical (unpaired) electrons. The summed E-state index contributed by atoms with van der Waals surface area (Å²) in [7, 11) is 0. The minimum Gasteiger partial charge on any atom is -0.494 e. The van der Waals surface area contributed by atoms with Crippen molar-refractivity contribution >= 4 is 12.4 Å². The van der Waals surface area contributed by atoms with Gasteiger partial charge in [-0.2, -0.15) is 5.26 Å². The second kappa shape index (κ2) is 9.60. The monoisotopic (exact) mass is 296 g/mol. The lowest BCUT2D eigenvalue weighted by atomic mass is 10.2. The average molecular weight is 297 g/mol. The zero-order chi connectivity index (χ0) is 13.3. The van der Waals surface area contributed by atoms with Crippen LogP contribution < -0.4 is 4.74 Å². The highest BCUT2D eigenvalue weighted by Gasteiger charge is 2.08. The maximum absolute atomic E-state index is 8.69. The standard InChI is InChI=1S/C15H20N2O2.ClH/c16-13-14-3-5-15(6-4-14)19-10-2-1-7-17-8-11-18-12-9-17;/h3-6H,1-2,7-12H2;1H. The SMILES string of the molecule is Cl.N#Cc1ccc(OCCCCN2CCOCC2)cc1. The topological polar surface area (TPSA) is 45.5 Å². The van der Waals surface area contributed by atoms with Crippen LogP contribution in [-0.4, -0.2) is 44.4 Å². The van der Waals surface area contributed by atoms with E-state index in [4.69, 9.17) is 14.7 Å². The van der Waals surface area contributed by atoms with Gasteiger partial charge in [-0.25, -0.2) is 0 Å². The molecule has 0 N–H and O–H groups in total. The lowest BCUT2D eigenvalue weighted by Gasteiger charge is -2.26. The maximum atomic E-state index is 8.69. The van der Waals surface area contributed by atoms with Gasteiger partial charge in [0.15, 0.2) is 0 Å². The van der Waals surface area contributed by atoms with E-state index in [0.29, 0.717) is 5.56 Å². The normalized spacial score (nSPS) is 15.2. The van der Waals surface area contributed by atoms with Crippen LogP contribution in [0.1, 0.15) is 18.4 Å². The Bertz CT molecular complexity index is 411. The molecular formula is C15H21ClN2O2. The summed E-state index contributed by atoms with van der Waals surface area (Å²) >= 11 is 0. The van der Waals surface area contributed by atoms with Crippen LogP contribution >= 0.6 is 12.4 Å². The summed E-state index contributed by atoms with van der Waals surface area (Å²) in [6.07, 6.45) is 2.20. The number of unbranched alkanes of at least 4 members (excludes halogenated alkanes) is 1. The van der Waals surface area contributed by atoms with Crippen LogP contribution in [0.25, 0.3) is 0 Å². The molecule has 0 bridgehead atoms. The van der Waals surface area contributed by atoms with Gasteiger partial charge in [0, 0.05) is 13.1 Å². The predicted molar refractivity (Wildman–Crippen MR) is 80.4 cm³/mol. The number of hydrogen-bond acceptors (Lipinski definition) is 4. The van der Waals surface area contributed by atoms with E-state index in [1.54, 1.807) is 12.1 Å². The molecule has 0 spiro atoms. The van der Waals surface area contributed by atoms with E-state index in [-0.39, 0.29) is 12.4 Å². The molecule has 20 heavy (non-hydrogen) atoms. The third-order valence-corrected chi connectivity index (χ3v) is 3.22. The van der Waals surface area contributed by atoms with Gasteiger partial charge in [-0.15, -0.1) is 12.4 Å². The Hall–Kier alpha value is -1.28. The van der Waals surface area contributed by atoms with Crippen molar-refractivity contribution in [2.45, 2.75) is 12.8 Å².